The highest BCUT2D eigenvalue weighted by molar-refractivity contribution is 7.89. The van der Waals surface area contributed by atoms with Gasteiger partial charge >= 0.3 is 0 Å². The first kappa shape index (κ1) is 16.4. The number of benzene rings is 1. The van der Waals surface area contributed by atoms with E-state index < -0.39 is 10.0 Å². The standard InChI is InChI=1S/C8H13N5O2S.C2H6/c1-5-4-6(8(9)12-13-10)2-3-7(5)16(11,14)15;1-2/h2-4,13H,10H2,1H3,(H2,9,12)(H2,11,14,15);1-2H3. The summed E-state index contributed by atoms with van der Waals surface area (Å²) in [7, 11) is -3.71. The number of nitrogens with one attached hydrogen (secondary N) is 1. The van der Waals surface area contributed by atoms with Gasteiger partial charge in [0.2, 0.25) is 10.0 Å². The normalized spacial score (nSPS) is 11.5. The third-order valence-corrected chi connectivity index (χ3v) is 3.03. The molecule has 0 saturated heterocycles. The van der Waals surface area contributed by atoms with Gasteiger partial charge in [0.05, 0.1) is 4.90 Å². The number of sulfonamides is 1. The lowest BCUT2D eigenvalue weighted by molar-refractivity contribution is 0.597. The first-order chi connectivity index (χ1) is 8.36. The van der Waals surface area contributed by atoms with E-state index in [1.54, 1.807) is 13.0 Å². The summed E-state index contributed by atoms with van der Waals surface area (Å²) in [6.45, 7) is 5.62. The van der Waals surface area contributed by atoms with Gasteiger partial charge in [-0.25, -0.2) is 24.9 Å². The van der Waals surface area contributed by atoms with Crippen molar-refractivity contribution < 1.29 is 8.42 Å². The molecule has 102 valence electrons. The molecule has 0 aliphatic rings. The molecule has 7 nitrogen and oxygen atoms in total. The third kappa shape index (κ3) is 4.32. The molecule has 0 amide bonds. The quantitative estimate of drug-likeness (QED) is 0.260. The molecule has 0 aliphatic carbocycles. The van der Waals surface area contributed by atoms with Crippen molar-refractivity contribution in [2.45, 2.75) is 25.7 Å². The fraction of sp³-hybridized carbons (Fsp3) is 0.300. The number of hydrazone groups is 1. The SMILES string of the molecule is CC.Cc1cc(/C(N)=N/NN)ccc1S(N)(=O)=O. The molecule has 0 bridgehead atoms. The molecule has 0 aromatic heterocycles. The van der Waals surface area contributed by atoms with Crippen LogP contribution in [0.1, 0.15) is 25.0 Å². The second-order valence-electron chi connectivity index (χ2n) is 3.15. The Labute approximate surface area is 107 Å². The van der Waals surface area contributed by atoms with Gasteiger partial charge in [-0.15, -0.1) is 5.10 Å². The Morgan fingerprint density at radius 3 is 2.28 bits per heavy atom. The molecule has 8 heteroatoms. The van der Waals surface area contributed by atoms with Crippen molar-refractivity contribution in [1.29, 1.82) is 0 Å². The summed E-state index contributed by atoms with van der Waals surface area (Å²) in [6, 6.07) is 4.44. The van der Waals surface area contributed by atoms with E-state index in [9.17, 15) is 8.42 Å². The van der Waals surface area contributed by atoms with Gasteiger partial charge in [-0.1, -0.05) is 13.8 Å². The first-order valence-electron chi connectivity index (χ1n) is 5.29. The van der Waals surface area contributed by atoms with E-state index in [0.717, 1.165) is 0 Å². The molecule has 18 heavy (non-hydrogen) atoms. The average molecular weight is 273 g/mol. The van der Waals surface area contributed by atoms with Crippen molar-refractivity contribution in [3.05, 3.63) is 29.3 Å². The van der Waals surface area contributed by atoms with Gasteiger partial charge in [-0.05, 0) is 30.7 Å². The summed E-state index contributed by atoms with van der Waals surface area (Å²) in [5.74, 6) is 5.13. The van der Waals surface area contributed by atoms with Gasteiger partial charge in [0.15, 0.2) is 5.84 Å². The average Bonchev–Trinajstić information content (AvgIpc) is 2.30. The molecular formula is C10H19N5O2S. The zero-order valence-corrected chi connectivity index (χ0v) is 11.5. The lowest BCUT2D eigenvalue weighted by Gasteiger charge is -2.06. The van der Waals surface area contributed by atoms with Gasteiger partial charge in [-0.2, -0.15) is 0 Å². The maximum absolute atomic E-state index is 11.1. The predicted molar refractivity (Wildman–Crippen MR) is 71.9 cm³/mol. The number of aryl methyl sites for hydroxylation is 1. The van der Waals surface area contributed by atoms with Crippen LogP contribution in [-0.2, 0) is 10.0 Å². The number of nitrogens with zero attached hydrogens (tertiary/aromatic N) is 1. The smallest absolute Gasteiger partial charge is 0.238 e. The predicted octanol–water partition coefficient (Wildman–Crippen LogP) is -0.248. The molecule has 7 N–H and O–H groups in total. The fourth-order valence-electron chi connectivity index (χ4n) is 1.26. The van der Waals surface area contributed by atoms with Gasteiger partial charge in [0.25, 0.3) is 0 Å². The molecule has 1 aromatic rings. The van der Waals surface area contributed by atoms with Crippen LogP contribution in [0.25, 0.3) is 0 Å². The molecule has 0 heterocycles. The number of hydrogen-bond acceptors (Lipinski definition) is 5. The Bertz CT molecular complexity index is 525. The highest BCUT2D eigenvalue weighted by Crippen LogP contribution is 2.14. The van der Waals surface area contributed by atoms with Crippen LogP contribution in [0.4, 0.5) is 0 Å². The maximum atomic E-state index is 11.1. The van der Waals surface area contributed by atoms with Crippen LogP contribution >= 0.6 is 0 Å². The van der Waals surface area contributed by atoms with Gasteiger partial charge in [0, 0.05) is 5.56 Å². The fourth-order valence-corrected chi connectivity index (χ4v) is 2.03. The largest absolute Gasteiger partial charge is 0.382 e. The zero-order chi connectivity index (χ0) is 14.3. The van der Waals surface area contributed by atoms with Crippen LogP contribution in [0.15, 0.2) is 28.2 Å². The Hall–Kier alpha value is -1.64. The van der Waals surface area contributed by atoms with Gasteiger partial charge in [0.1, 0.15) is 0 Å². The van der Waals surface area contributed by atoms with E-state index in [0.29, 0.717) is 11.1 Å². The van der Waals surface area contributed by atoms with Crippen LogP contribution in [0.3, 0.4) is 0 Å². The topological polar surface area (TPSA) is 137 Å². The Kier molecular flexibility index (Phi) is 6.31. The number of primary sulfonamides is 1. The summed E-state index contributed by atoms with van der Waals surface area (Å²) in [4.78, 5) is 0.0600. The monoisotopic (exact) mass is 273 g/mol. The molecule has 0 aliphatic heterocycles. The van der Waals surface area contributed by atoms with Crippen LogP contribution in [0, 0.1) is 6.92 Å². The van der Waals surface area contributed by atoms with Crippen molar-refractivity contribution in [1.82, 2.24) is 5.53 Å². The van der Waals surface area contributed by atoms with Crippen molar-refractivity contribution in [3.8, 4) is 0 Å². The summed E-state index contributed by atoms with van der Waals surface area (Å²) in [6.07, 6.45) is 0. The summed E-state index contributed by atoms with van der Waals surface area (Å²) in [5.41, 5.74) is 8.66. The van der Waals surface area contributed by atoms with E-state index in [1.165, 1.54) is 12.1 Å². The zero-order valence-electron chi connectivity index (χ0n) is 10.6. The van der Waals surface area contributed by atoms with Crippen molar-refractivity contribution >= 4 is 15.9 Å². The minimum absolute atomic E-state index is 0.0600. The van der Waals surface area contributed by atoms with Gasteiger partial charge in [-0.3, -0.25) is 0 Å². The van der Waals surface area contributed by atoms with E-state index >= 15 is 0 Å². The molecular weight excluding hydrogens is 254 g/mol. The van der Waals surface area contributed by atoms with Crippen LogP contribution in [0.5, 0.6) is 0 Å². The van der Waals surface area contributed by atoms with Crippen LogP contribution in [-0.4, -0.2) is 14.3 Å². The lowest BCUT2D eigenvalue weighted by atomic mass is 10.1. The minimum Gasteiger partial charge on any atom is -0.382 e. The second-order valence-corrected chi connectivity index (χ2v) is 4.68. The van der Waals surface area contributed by atoms with Crippen molar-refractivity contribution in [3.63, 3.8) is 0 Å². The summed E-state index contributed by atoms with van der Waals surface area (Å²) in [5, 5.41) is 8.59. The molecule has 0 unspecified atom stereocenters. The molecule has 1 aromatic carbocycles. The van der Waals surface area contributed by atoms with E-state index in [4.69, 9.17) is 16.7 Å². The number of hydrogen-bond donors (Lipinski definition) is 4. The van der Waals surface area contributed by atoms with E-state index in [2.05, 4.69) is 10.6 Å². The first-order valence-corrected chi connectivity index (χ1v) is 6.83. The highest BCUT2D eigenvalue weighted by Gasteiger charge is 2.12. The number of hydrazine groups is 1. The Morgan fingerprint density at radius 2 is 1.89 bits per heavy atom. The highest BCUT2D eigenvalue weighted by atomic mass is 32.2. The summed E-state index contributed by atoms with van der Waals surface area (Å²) < 4.78 is 22.3. The van der Waals surface area contributed by atoms with E-state index in [1.807, 2.05) is 13.8 Å². The van der Waals surface area contributed by atoms with E-state index in [-0.39, 0.29) is 10.7 Å². The second kappa shape index (κ2) is 6.94. The van der Waals surface area contributed by atoms with Crippen LogP contribution < -0.4 is 22.3 Å². The molecule has 0 radical (unpaired) electrons. The lowest BCUT2D eigenvalue weighted by Crippen LogP contribution is -2.23. The molecule has 1 rings (SSSR count). The van der Waals surface area contributed by atoms with Crippen molar-refractivity contribution in [2.75, 3.05) is 0 Å². The maximum Gasteiger partial charge on any atom is 0.238 e. The minimum atomic E-state index is -3.71. The molecule has 0 atom stereocenters. The van der Waals surface area contributed by atoms with Crippen LogP contribution in [0.2, 0.25) is 0 Å². The third-order valence-electron chi connectivity index (χ3n) is 1.96. The van der Waals surface area contributed by atoms with Gasteiger partial charge < -0.3 is 5.73 Å². The summed E-state index contributed by atoms with van der Waals surface area (Å²) >= 11 is 0. The molecule has 0 saturated carbocycles. The number of amidine groups is 1. The Balaban J connectivity index is 0.00000137. The number of rotatable bonds is 3. The number of nitrogens with two attached hydrogens (primary N) is 3. The molecule has 0 fully saturated rings. The molecule has 0 spiro atoms. The van der Waals surface area contributed by atoms with Crippen molar-refractivity contribution in [2.24, 2.45) is 21.8 Å². The Morgan fingerprint density at radius 1 is 1.33 bits per heavy atom.